The molecule has 112 valence electrons. The molecule has 1 heterocycles. The number of ether oxygens (including phenoxy) is 1. The number of rotatable bonds is 3. The minimum Gasteiger partial charge on any atom is -0.494 e. The molecule has 0 unspecified atom stereocenters. The van der Waals surface area contributed by atoms with Crippen LogP contribution in [-0.4, -0.2) is 6.61 Å². The van der Waals surface area contributed by atoms with Gasteiger partial charge in [0, 0.05) is 0 Å². The van der Waals surface area contributed by atoms with Gasteiger partial charge in [0.2, 0.25) is 0 Å². The van der Waals surface area contributed by atoms with E-state index in [0.717, 1.165) is 25.2 Å². The van der Waals surface area contributed by atoms with Crippen LogP contribution in [0.15, 0.2) is 73.1 Å². The van der Waals surface area contributed by atoms with Crippen molar-refractivity contribution in [1.29, 1.82) is 0 Å². The quantitative estimate of drug-likeness (QED) is 0.561. The molecule has 1 nitrogen and oxygen atoms in total. The molecule has 0 aromatic heterocycles. The zero-order chi connectivity index (χ0) is 15.6. The van der Waals surface area contributed by atoms with Gasteiger partial charge < -0.3 is 4.74 Å². The highest BCUT2D eigenvalue weighted by atomic mass is 16.5. The SMILES string of the molecule is C=C/C=C\C=C.CC.C\C=C/C=C1/CCCO/C1=C/C. The molecular weight excluding hydrogens is 244 g/mol. The van der Waals surface area contributed by atoms with Crippen LogP contribution < -0.4 is 0 Å². The van der Waals surface area contributed by atoms with Crippen molar-refractivity contribution < 1.29 is 4.74 Å². The number of hydrogen-bond acceptors (Lipinski definition) is 1. The average molecular weight is 274 g/mol. The molecule has 0 aromatic carbocycles. The summed E-state index contributed by atoms with van der Waals surface area (Å²) in [6, 6.07) is 0. The first-order valence-corrected chi connectivity index (χ1v) is 7.31. The normalized spacial score (nSPS) is 18.0. The van der Waals surface area contributed by atoms with Gasteiger partial charge in [-0.2, -0.15) is 0 Å². The van der Waals surface area contributed by atoms with Gasteiger partial charge in [0.1, 0.15) is 5.76 Å². The highest BCUT2D eigenvalue weighted by Crippen LogP contribution is 2.22. The van der Waals surface area contributed by atoms with E-state index in [2.05, 4.69) is 25.3 Å². The van der Waals surface area contributed by atoms with Crippen LogP contribution in [0.3, 0.4) is 0 Å². The van der Waals surface area contributed by atoms with Crippen molar-refractivity contribution in [1.82, 2.24) is 0 Å². The maximum Gasteiger partial charge on any atom is 0.118 e. The maximum atomic E-state index is 5.50. The zero-order valence-electron chi connectivity index (χ0n) is 13.6. The summed E-state index contributed by atoms with van der Waals surface area (Å²) in [7, 11) is 0. The van der Waals surface area contributed by atoms with E-state index in [0.29, 0.717) is 0 Å². The molecule has 0 radical (unpaired) electrons. The van der Waals surface area contributed by atoms with E-state index in [1.54, 1.807) is 12.2 Å². The lowest BCUT2D eigenvalue weighted by Crippen LogP contribution is -2.05. The third kappa shape index (κ3) is 11.3. The summed E-state index contributed by atoms with van der Waals surface area (Å²) < 4.78 is 5.50. The van der Waals surface area contributed by atoms with Crippen LogP contribution in [0.5, 0.6) is 0 Å². The van der Waals surface area contributed by atoms with Gasteiger partial charge in [0.15, 0.2) is 0 Å². The minimum atomic E-state index is 0.868. The van der Waals surface area contributed by atoms with Gasteiger partial charge in [0.05, 0.1) is 6.61 Å². The van der Waals surface area contributed by atoms with Crippen molar-refractivity contribution in [3.8, 4) is 0 Å². The van der Waals surface area contributed by atoms with E-state index < -0.39 is 0 Å². The number of hydrogen-bond donors (Lipinski definition) is 0. The molecule has 0 saturated carbocycles. The van der Waals surface area contributed by atoms with E-state index in [1.807, 2.05) is 52.0 Å². The summed E-state index contributed by atoms with van der Waals surface area (Å²) >= 11 is 0. The highest BCUT2D eigenvalue weighted by molar-refractivity contribution is 5.30. The van der Waals surface area contributed by atoms with Gasteiger partial charge in [-0.3, -0.25) is 0 Å². The fourth-order valence-corrected chi connectivity index (χ4v) is 1.46. The molecule has 0 bridgehead atoms. The molecule has 0 N–H and O–H groups in total. The van der Waals surface area contributed by atoms with Gasteiger partial charge in [-0.05, 0) is 38.3 Å². The second-order valence-electron chi connectivity index (χ2n) is 3.68. The molecule has 20 heavy (non-hydrogen) atoms. The second kappa shape index (κ2) is 17.2. The van der Waals surface area contributed by atoms with Gasteiger partial charge >= 0.3 is 0 Å². The van der Waals surface area contributed by atoms with Gasteiger partial charge in [0.25, 0.3) is 0 Å². The van der Waals surface area contributed by atoms with Crippen molar-refractivity contribution >= 4 is 0 Å². The summed E-state index contributed by atoms with van der Waals surface area (Å²) in [5.41, 5.74) is 1.32. The van der Waals surface area contributed by atoms with Crippen LogP contribution in [0.4, 0.5) is 0 Å². The van der Waals surface area contributed by atoms with Crippen LogP contribution in [-0.2, 0) is 4.74 Å². The van der Waals surface area contributed by atoms with Crippen LogP contribution in [0.2, 0.25) is 0 Å². The Kier molecular flexibility index (Phi) is 17.7. The van der Waals surface area contributed by atoms with Crippen molar-refractivity contribution in [2.24, 2.45) is 0 Å². The van der Waals surface area contributed by atoms with Gasteiger partial charge in [-0.25, -0.2) is 0 Å². The molecule has 0 aromatic rings. The molecule has 1 saturated heterocycles. The van der Waals surface area contributed by atoms with Crippen molar-refractivity contribution in [3.05, 3.63) is 73.1 Å². The highest BCUT2D eigenvalue weighted by Gasteiger charge is 2.10. The molecular formula is C19H30O. The molecule has 1 heteroatoms. The molecule has 0 amide bonds. The molecule has 1 aliphatic rings. The largest absolute Gasteiger partial charge is 0.494 e. The summed E-state index contributed by atoms with van der Waals surface area (Å²) in [6.07, 6.45) is 17.6. The first kappa shape index (κ1) is 20.6. The third-order valence-corrected chi connectivity index (χ3v) is 2.30. The molecule has 0 atom stereocenters. The fourth-order valence-electron chi connectivity index (χ4n) is 1.46. The Labute approximate surface area is 125 Å². The summed E-state index contributed by atoms with van der Waals surface area (Å²) in [5.74, 6) is 1.05. The van der Waals surface area contributed by atoms with Crippen LogP contribution in [0, 0.1) is 0 Å². The Bertz CT molecular complexity index is 344. The van der Waals surface area contributed by atoms with E-state index in [-0.39, 0.29) is 0 Å². The van der Waals surface area contributed by atoms with Crippen LogP contribution in [0.1, 0.15) is 40.5 Å². The Morgan fingerprint density at radius 1 is 1.00 bits per heavy atom. The Morgan fingerprint density at radius 3 is 2.05 bits per heavy atom. The predicted octanol–water partition coefficient (Wildman–Crippen LogP) is 6.14. The Balaban J connectivity index is 0. The zero-order valence-corrected chi connectivity index (χ0v) is 13.6. The van der Waals surface area contributed by atoms with Crippen LogP contribution >= 0.6 is 0 Å². The molecule has 1 aliphatic heterocycles. The van der Waals surface area contributed by atoms with E-state index >= 15 is 0 Å². The lowest BCUT2D eigenvalue weighted by atomic mass is 10.1. The lowest BCUT2D eigenvalue weighted by Gasteiger charge is -2.18. The monoisotopic (exact) mass is 274 g/mol. The first-order chi connectivity index (χ1) is 9.79. The molecule has 0 spiro atoms. The van der Waals surface area contributed by atoms with Crippen molar-refractivity contribution in [2.45, 2.75) is 40.5 Å². The van der Waals surface area contributed by atoms with E-state index in [4.69, 9.17) is 4.74 Å². The summed E-state index contributed by atoms with van der Waals surface area (Å²) in [4.78, 5) is 0. The fraction of sp³-hybridized carbons (Fsp3) is 0.368. The molecule has 1 rings (SSSR count). The summed E-state index contributed by atoms with van der Waals surface area (Å²) in [6.45, 7) is 15.8. The molecule has 1 fully saturated rings. The smallest absolute Gasteiger partial charge is 0.118 e. The van der Waals surface area contributed by atoms with E-state index in [9.17, 15) is 0 Å². The topological polar surface area (TPSA) is 9.23 Å². The first-order valence-electron chi connectivity index (χ1n) is 7.31. The Morgan fingerprint density at radius 2 is 1.60 bits per heavy atom. The standard InChI is InChI=1S/C11H16O.C6H8.C2H6/c1-3-5-7-10-8-6-9-12-11(10)4-2;1-3-5-6-4-2;1-2/h3-5,7H,6,8-9H2,1-2H3;3-6H,1-2H2;1-2H3/b5-3-,10-7-,11-4+;6-5-;. The minimum absolute atomic E-state index is 0.868. The Hall–Kier alpha value is -1.76. The molecule has 0 aliphatic carbocycles. The second-order valence-corrected chi connectivity index (χ2v) is 3.68. The number of allylic oxidation sites excluding steroid dienone is 9. The van der Waals surface area contributed by atoms with Crippen molar-refractivity contribution in [3.63, 3.8) is 0 Å². The van der Waals surface area contributed by atoms with E-state index in [1.165, 1.54) is 5.57 Å². The van der Waals surface area contributed by atoms with Crippen molar-refractivity contribution in [2.75, 3.05) is 6.61 Å². The predicted molar refractivity (Wildman–Crippen MR) is 92.7 cm³/mol. The summed E-state index contributed by atoms with van der Waals surface area (Å²) in [5, 5.41) is 0. The third-order valence-electron chi connectivity index (χ3n) is 2.30. The van der Waals surface area contributed by atoms with Gasteiger partial charge in [-0.1, -0.05) is 69.5 Å². The van der Waals surface area contributed by atoms with Gasteiger partial charge in [-0.15, -0.1) is 0 Å². The average Bonchev–Trinajstić information content (AvgIpc) is 2.53. The van der Waals surface area contributed by atoms with Crippen LogP contribution in [0.25, 0.3) is 0 Å². The lowest BCUT2D eigenvalue weighted by molar-refractivity contribution is 0.193. The maximum absolute atomic E-state index is 5.50.